The van der Waals surface area contributed by atoms with Gasteiger partial charge in [0, 0.05) is 38.3 Å². The molecule has 1 aromatic carbocycles. The Kier molecular flexibility index (Phi) is 6.90. The maximum Gasteiger partial charge on any atom is 0.270 e. The molecule has 1 aromatic heterocycles. The highest BCUT2D eigenvalue weighted by Gasteiger charge is 2.24. The molecule has 7 nitrogen and oxygen atoms in total. The van der Waals surface area contributed by atoms with Gasteiger partial charge in [-0.15, -0.1) is 0 Å². The van der Waals surface area contributed by atoms with Gasteiger partial charge in [0.1, 0.15) is 17.5 Å². The highest BCUT2D eigenvalue weighted by molar-refractivity contribution is 6.31. The van der Waals surface area contributed by atoms with Crippen LogP contribution in [0, 0.1) is 11.3 Å². The average molecular weight is 440 g/mol. The predicted molar refractivity (Wildman–Crippen MR) is 120 cm³/mol. The zero-order chi connectivity index (χ0) is 21.6. The molecule has 1 saturated carbocycles. The van der Waals surface area contributed by atoms with E-state index in [4.69, 9.17) is 21.6 Å². The van der Waals surface area contributed by atoms with Gasteiger partial charge in [-0.25, -0.2) is 4.98 Å². The van der Waals surface area contributed by atoms with Crippen molar-refractivity contribution in [2.24, 2.45) is 0 Å². The average Bonchev–Trinajstić information content (AvgIpc) is 2.81. The van der Waals surface area contributed by atoms with E-state index >= 15 is 0 Å². The minimum absolute atomic E-state index is 0.0774. The molecule has 0 atom stereocenters. The fourth-order valence-electron chi connectivity index (χ4n) is 4.07. The van der Waals surface area contributed by atoms with Crippen LogP contribution in [0.1, 0.15) is 41.7 Å². The van der Waals surface area contributed by atoms with Crippen molar-refractivity contribution in [2.75, 3.05) is 31.1 Å². The molecule has 0 radical (unpaired) electrons. The summed E-state index contributed by atoms with van der Waals surface area (Å²) >= 11 is 6.08. The van der Waals surface area contributed by atoms with Crippen molar-refractivity contribution >= 4 is 23.2 Å². The molecule has 162 valence electrons. The number of amides is 1. The molecule has 0 spiro atoms. The normalized spacial score (nSPS) is 21.2. The Balaban J connectivity index is 1.25. The summed E-state index contributed by atoms with van der Waals surface area (Å²) in [5.41, 5.74) is 1.94. The number of hydrogen-bond donors (Lipinski definition) is 2. The monoisotopic (exact) mass is 439 g/mol. The zero-order valence-electron chi connectivity index (χ0n) is 17.3. The Morgan fingerprint density at radius 3 is 2.61 bits per heavy atom. The maximum atomic E-state index is 12.6. The molecule has 0 unspecified atom stereocenters. The number of benzene rings is 1. The summed E-state index contributed by atoms with van der Waals surface area (Å²) in [6.45, 7) is 3.83. The van der Waals surface area contributed by atoms with Gasteiger partial charge in [-0.3, -0.25) is 4.79 Å². The van der Waals surface area contributed by atoms with Crippen LogP contribution in [0.5, 0.6) is 5.75 Å². The molecular weight excluding hydrogens is 414 g/mol. The molecule has 2 aromatic rings. The molecule has 31 heavy (non-hydrogen) atoms. The fourth-order valence-corrected chi connectivity index (χ4v) is 4.28. The second-order valence-electron chi connectivity index (χ2n) is 7.96. The zero-order valence-corrected chi connectivity index (χ0v) is 18.1. The summed E-state index contributed by atoms with van der Waals surface area (Å²) in [4.78, 5) is 19.3. The smallest absolute Gasteiger partial charge is 0.270 e. The minimum Gasteiger partial charge on any atom is -0.490 e. The number of halogens is 1. The van der Waals surface area contributed by atoms with Gasteiger partial charge in [0.05, 0.1) is 28.6 Å². The van der Waals surface area contributed by atoms with E-state index in [1.807, 2.05) is 12.1 Å². The molecule has 2 aliphatic rings. The molecule has 0 bridgehead atoms. The number of carbonyl (C=O) groups is 1. The first-order valence-corrected chi connectivity index (χ1v) is 11.1. The number of piperazine rings is 1. The number of nitrogens with one attached hydrogen (secondary N) is 2. The maximum absolute atomic E-state index is 12.6. The fraction of sp³-hybridized carbons (Fsp3) is 0.435. The van der Waals surface area contributed by atoms with Crippen molar-refractivity contribution in [1.29, 1.82) is 5.26 Å². The largest absolute Gasteiger partial charge is 0.490 e. The Morgan fingerprint density at radius 2 is 1.97 bits per heavy atom. The number of hydrogen-bond acceptors (Lipinski definition) is 6. The van der Waals surface area contributed by atoms with Crippen LogP contribution in [-0.2, 0) is 0 Å². The van der Waals surface area contributed by atoms with Crippen molar-refractivity contribution < 1.29 is 9.53 Å². The Morgan fingerprint density at radius 1 is 1.19 bits per heavy atom. The first kappa shape index (κ1) is 21.4. The number of anilines is 1. The topological polar surface area (TPSA) is 90.3 Å². The third-order valence-corrected chi connectivity index (χ3v) is 6.15. The number of nitriles is 1. The second kappa shape index (κ2) is 9.99. The van der Waals surface area contributed by atoms with Crippen LogP contribution in [0.15, 0.2) is 36.5 Å². The van der Waals surface area contributed by atoms with E-state index in [0.29, 0.717) is 22.0 Å². The van der Waals surface area contributed by atoms with Crippen LogP contribution in [0.2, 0.25) is 5.02 Å². The van der Waals surface area contributed by atoms with E-state index in [2.05, 4.69) is 20.5 Å². The Bertz CT molecular complexity index is 945. The van der Waals surface area contributed by atoms with Crippen LogP contribution in [0.4, 0.5) is 5.69 Å². The minimum atomic E-state index is -0.130. The van der Waals surface area contributed by atoms with Gasteiger partial charge >= 0.3 is 0 Å². The van der Waals surface area contributed by atoms with Gasteiger partial charge in [-0.1, -0.05) is 11.6 Å². The molecule has 1 saturated heterocycles. The molecule has 1 amide bonds. The van der Waals surface area contributed by atoms with E-state index in [0.717, 1.165) is 57.5 Å². The highest BCUT2D eigenvalue weighted by atomic mass is 35.5. The van der Waals surface area contributed by atoms with Crippen LogP contribution in [0.3, 0.4) is 0 Å². The van der Waals surface area contributed by atoms with Crippen molar-refractivity contribution in [1.82, 2.24) is 15.6 Å². The SMILES string of the molecule is N#Cc1ccc(O[C@H]2CC[C@H](NC(=O)c3ccc(N4CCNCC4)cn3)CC2)cc1Cl. The van der Waals surface area contributed by atoms with Gasteiger partial charge in [0.2, 0.25) is 0 Å². The number of rotatable bonds is 5. The van der Waals surface area contributed by atoms with Crippen molar-refractivity contribution in [2.45, 2.75) is 37.8 Å². The van der Waals surface area contributed by atoms with Crippen LogP contribution in [-0.4, -0.2) is 49.2 Å². The number of ether oxygens (including phenoxy) is 1. The molecule has 1 aliphatic heterocycles. The second-order valence-corrected chi connectivity index (χ2v) is 8.36. The van der Waals surface area contributed by atoms with Crippen molar-refractivity contribution in [3.8, 4) is 11.8 Å². The van der Waals surface area contributed by atoms with Gasteiger partial charge in [-0.2, -0.15) is 5.26 Å². The lowest BCUT2D eigenvalue weighted by atomic mass is 9.92. The van der Waals surface area contributed by atoms with Crippen LogP contribution >= 0.6 is 11.6 Å². The number of carbonyl (C=O) groups excluding carboxylic acids is 1. The van der Waals surface area contributed by atoms with Gasteiger partial charge in [0.25, 0.3) is 5.91 Å². The lowest BCUT2D eigenvalue weighted by Crippen LogP contribution is -2.43. The summed E-state index contributed by atoms with van der Waals surface area (Å²) in [5.74, 6) is 0.542. The Labute approximate surface area is 187 Å². The molecule has 2 fully saturated rings. The quantitative estimate of drug-likeness (QED) is 0.743. The summed E-state index contributed by atoms with van der Waals surface area (Å²) in [6, 6.07) is 11.1. The lowest BCUT2D eigenvalue weighted by molar-refractivity contribution is 0.0889. The number of aromatic nitrogens is 1. The van der Waals surface area contributed by atoms with Crippen LogP contribution < -0.4 is 20.3 Å². The van der Waals surface area contributed by atoms with Gasteiger partial charge in [-0.05, 0) is 49.9 Å². The first-order valence-electron chi connectivity index (χ1n) is 10.7. The molecule has 4 rings (SSSR count). The predicted octanol–water partition coefficient (Wildman–Crippen LogP) is 3.14. The molecule has 8 heteroatoms. The first-order chi connectivity index (χ1) is 15.1. The third-order valence-electron chi connectivity index (χ3n) is 5.84. The summed E-state index contributed by atoms with van der Waals surface area (Å²) in [6.07, 6.45) is 5.25. The Hall–Kier alpha value is -2.82. The van der Waals surface area contributed by atoms with Crippen molar-refractivity contribution in [3.63, 3.8) is 0 Å². The molecule has 1 aliphatic carbocycles. The molecular formula is C23H26ClN5O2. The molecule has 2 N–H and O–H groups in total. The molecule has 2 heterocycles. The van der Waals surface area contributed by atoms with E-state index < -0.39 is 0 Å². The summed E-state index contributed by atoms with van der Waals surface area (Å²) in [5, 5.41) is 15.8. The van der Waals surface area contributed by atoms with E-state index in [1.165, 1.54) is 0 Å². The van der Waals surface area contributed by atoms with Gasteiger partial charge < -0.3 is 20.3 Å². The van der Waals surface area contributed by atoms with Gasteiger partial charge in [0.15, 0.2) is 0 Å². The lowest BCUT2D eigenvalue weighted by Gasteiger charge is -2.30. The summed E-state index contributed by atoms with van der Waals surface area (Å²) < 4.78 is 6.02. The summed E-state index contributed by atoms with van der Waals surface area (Å²) in [7, 11) is 0. The number of nitrogens with zero attached hydrogens (tertiary/aromatic N) is 3. The van der Waals surface area contributed by atoms with Crippen LogP contribution in [0.25, 0.3) is 0 Å². The van der Waals surface area contributed by atoms with E-state index in [1.54, 1.807) is 30.5 Å². The van der Waals surface area contributed by atoms with E-state index in [-0.39, 0.29) is 18.1 Å². The third kappa shape index (κ3) is 5.46. The standard InChI is InChI=1S/C23H26ClN5O2/c24-21-13-20(5-1-16(21)14-25)31-19-6-2-17(3-7-19)28-23(30)22-8-4-18(15-27-22)29-11-9-26-10-12-29/h1,4-5,8,13,15,17,19,26H,2-3,6-7,9-12H2,(H,28,30)/t17-,19-. The van der Waals surface area contributed by atoms with E-state index in [9.17, 15) is 4.79 Å². The highest BCUT2D eigenvalue weighted by Crippen LogP contribution is 2.27. The number of pyridine rings is 1. The van der Waals surface area contributed by atoms with Crippen molar-refractivity contribution in [3.05, 3.63) is 52.8 Å².